The maximum atomic E-state index is 10.8. The predicted molar refractivity (Wildman–Crippen MR) is 76.3 cm³/mol. The normalized spacial score (nSPS) is 10.5. The van der Waals surface area contributed by atoms with Crippen molar-refractivity contribution in [2.75, 3.05) is 5.32 Å². The Bertz CT molecular complexity index is 735. The molecule has 2 aromatic heterocycles. The lowest BCUT2D eigenvalue weighted by Crippen LogP contribution is -1.97. The summed E-state index contributed by atoms with van der Waals surface area (Å²) in [6, 6.07) is 10.6. The van der Waals surface area contributed by atoms with E-state index >= 15 is 0 Å². The van der Waals surface area contributed by atoms with E-state index < -0.39 is 5.97 Å². The lowest BCUT2D eigenvalue weighted by molar-refractivity contribution is 0.0697. The second kappa shape index (κ2) is 4.70. The number of rotatable bonds is 3. The number of fused-ring (bicyclic) bond motifs is 1. The van der Waals surface area contributed by atoms with Gasteiger partial charge in [-0.1, -0.05) is 0 Å². The molecule has 19 heavy (non-hydrogen) atoms. The van der Waals surface area contributed by atoms with Gasteiger partial charge in [-0.15, -0.1) is 11.3 Å². The molecule has 0 bridgehead atoms. The Morgan fingerprint density at radius 3 is 2.68 bits per heavy atom. The molecule has 2 heterocycles. The number of hydrogen-bond acceptors (Lipinski definition) is 4. The fourth-order valence-corrected chi connectivity index (χ4v) is 2.61. The number of carbonyl (C=O) groups is 1. The van der Waals surface area contributed by atoms with Crippen molar-refractivity contribution in [2.24, 2.45) is 0 Å². The maximum absolute atomic E-state index is 10.8. The molecule has 0 aliphatic rings. The molecule has 1 aromatic carbocycles. The standard InChI is InChI=1S/C14H10N2O2S/c17-14(18)9-1-3-10(4-2-9)16-13-11-6-8-19-12(11)5-7-15-13/h1-8H,(H,15,16)(H,17,18). The summed E-state index contributed by atoms with van der Waals surface area (Å²) in [6.45, 7) is 0. The van der Waals surface area contributed by atoms with E-state index in [-0.39, 0.29) is 5.56 Å². The average Bonchev–Trinajstić information content (AvgIpc) is 2.89. The van der Waals surface area contributed by atoms with Crippen LogP contribution in [-0.4, -0.2) is 16.1 Å². The van der Waals surface area contributed by atoms with Crippen molar-refractivity contribution in [3.05, 3.63) is 53.5 Å². The summed E-state index contributed by atoms with van der Waals surface area (Å²) < 4.78 is 1.17. The van der Waals surface area contributed by atoms with Gasteiger partial charge in [0.2, 0.25) is 0 Å². The lowest BCUT2D eigenvalue weighted by atomic mass is 10.2. The molecular formula is C14H10N2O2S. The number of carboxylic acids is 1. The van der Waals surface area contributed by atoms with Gasteiger partial charge in [-0.2, -0.15) is 0 Å². The van der Waals surface area contributed by atoms with Gasteiger partial charge in [0.25, 0.3) is 0 Å². The van der Waals surface area contributed by atoms with E-state index in [1.165, 1.54) is 4.70 Å². The zero-order valence-electron chi connectivity index (χ0n) is 9.83. The number of aromatic nitrogens is 1. The Morgan fingerprint density at radius 2 is 1.95 bits per heavy atom. The molecule has 94 valence electrons. The number of pyridine rings is 1. The van der Waals surface area contributed by atoms with Crippen LogP contribution >= 0.6 is 11.3 Å². The first-order valence-electron chi connectivity index (χ1n) is 5.66. The van der Waals surface area contributed by atoms with E-state index in [2.05, 4.69) is 10.3 Å². The van der Waals surface area contributed by atoms with Gasteiger partial charge in [-0.05, 0) is 41.8 Å². The van der Waals surface area contributed by atoms with Gasteiger partial charge in [-0.3, -0.25) is 0 Å². The summed E-state index contributed by atoms with van der Waals surface area (Å²) in [5, 5.41) is 15.1. The summed E-state index contributed by atoms with van der Waals surface area (Å²) >= 11 is 1.66. The van der Waals surface area contributed by atoms with E-state index in [9.17, 15) is 4.79 Å². The third-order valence-electron chi connectivity index (χ3n) is 2.77. The molecular weight excluding hydrogens is 260 g/mol. The number of benzene rings is 1. The van der Waals surface area contributed by atoms with Crippen LogP contribution < -0.4 is 5.32 Å². The predicted octanol–water partition coefficient (Wildman–Crippen LogP) is 3.74. The van der Waals surface area contributed by atoms with Crippen LogP contribution in [0.15, 0.2) is 48.0 Å². The number of aromatic carboxylic acids is 1. The molecule has 4 nitrogen and oxygen atoms in total. The topological polar surface area (TPSA) is 62.2 Å². The van der Waals surface area contributed by atoms with E-state index in [1.807, 2.05) is 17.5 Å². The van der Waals surface area contributed by atoms with Gasteiger partial charge < -0.3 is 10.4 Å². The highest BCUT2D eigenvalue weighted by Gasteiger charge is 2.05. The molecule has 0 radical (unpaired) electrons. The van der Waals surface area contributed by atoms with Gasteiger partial charge in [0.05, 0.1) is 5.56 Å². The number of anilines is 2. The molecule has 0 unspecified atom stereocenters. The number of hydrogen-bond donors (Lipinski definition) is 2. The van der Waals surface area contributed by atoms with Crippen molar-refractivity contribution in [1.29, 1.82) is 0 Å². The molecule has 2 N–H and O–H groups in total. The number of thiophene rings is 1. The molecule has 3 rings (SSSR count). The first-order valence-corrected chi connectivity index (χ1v) is 6.54. The Morgan fingerprint density at radius 1 is 1.16 bits per heavy atom. The fourth-order valence-electron chi connectivity index (χ4n) is 1.83. The molecule has 0 aliphatic carbocycles. The van der Waals surface area contributed by atoms with E-state index in [4.69, 9.17) is 5.11 Å². The van der Waals surface area contributed by atoms with Crippen molar-refractivity contribution in [3.8, 4) is 0 Å². The summed E-state index contributed by atoms with van der Waals surface area (Å²) in [6.07, 6.45) is 1.76. The summed E-state index contributed by atoms with van der Waals surface area (Å²) in [5.41, 5.74) is 1.09. The van der Waals surface area contributed by atoms with Crippen molar-refractivity contribution in [1.82, 2.24) is 4.98 Å². The Hall–Kier alpha value is -2.40. The van der Waals surface area contributed by atoms with Crippen LogP contribution in [0.5, 0.6) is 0 Å². The second-order valence-electron chi connectivity index (χ2n) is 4.00. The zero-order valence-corrected chi connectivity index (χ0v) is 10.6. The Labute approximate surface area is 113 Å². The van der Waals surface area contributed by atoms with Crippen LogP contribution in [0.25, 0.3) is 10.1 Å². The largest absolute Gasteiger partial charge is 0.478 e. The van der Waals surface area contributed by atoms with Crippen LogP contribution in [0.4, 0.5) is 11.5 Å². The van der Waals surface area contributed by atoms with Crippen LogP contribution in [0.1, 0.15) is 10.4 Å². The minimum atomic E-state index is -0.926. The molecule has 0 atom stereocenters. The maximum Gasteiger partial charge on any atom is 0.335 e. The quantitative estimate of drug-likeness (QED) is 0.761. The van der Waals surface area contributed by atoms with Gasteiger partial charge in [0, 0.05) is 22.0 Å². The highest BCUT2D eigenvalue weighted by Crippen LogP contribution is 2.27. The second-order valence-corrected chi connectivity index (χ2v) is 4.95. The summed E-state index contributed by atoms with van der Waals surface area (Å²) in [4.78, 5) is 15.1. The van der Waals surface area contributed by atoms with E-state index in [1.54, 1.807) is 41.8 Å². The van der Waals surface area contributed by atoms with E-state index in [0.717, 1.165) is 16.9 Å². The lowest BCUT2D eigenvalue weighted by Gasteiger charge is -2.06. The number of nitrogens with zero attached hydrogens (tertiary/aromatic N) is 1. The van der Waals surface area contributed by atoms with Crippen LogP contribution in [0, 0.1) is 0 Å². The van der Waals surface area contributed by atoms with Gasteiger partial charge in [0.1, 0.15) is 5.82 Å². The molecule has 5 heteroatoms. The highest BCUT2D eigenvalue weighted by molar-refractivity contribution is 7.17. The molecule has 0 spiro atoms. The SMILES string of the molecule is O=C(O)c1ccc(Nc2nccc3sccc23)cc1. The van der Waals surface area contributed by atoms with Gasteiger partial charge in [0.15, 0.2) is 0 Å². The number of nitrogens with one attached hydrogen (secondary N) is 1. The van der Waals surface area contributed by atoms with Crippen LogP contribution in [0.3, 0.4) is 0 Å². The first-order chi connectivity index (χ1) is 9.24. The van der Waals surface area contributed by atoms with Gasteiger partial charge in [-0.25, -0.2) is 9.78 Å². The third kappa shape index (κ3) is 2.28. The Balaban J connectivity index is 1.92. The fraction of sp³-hybridized carbons (Fsp3) is 0. The third-order valence-corrected chi connectivity index (χ3v) is 3.66. The summed E-state index contributed by atoms with van der Waals surface area (Å²) in [5.74, 6) is -0.147. The zero-order chi connectivity index (χ0) is 13.2. The van der Waals surface area contributed by atoms with Crippen molar-refractivity contribution in [3.63, 3.8) is 0 Å². The van der Waals surface area contributed by atoms with Crippen LogP contribution in [-0.2, 0) is 0 Å². The van der Waals surface area contributed by atoms with Crippen molar-refractivity contribution >= 4 is 38.9 Å². The van der Waals surface area contributed by atoms with Crippen molar-refractivity contribution in [2.45, 2.75) is 0 Å². The smallest absolute Gasteiger partial charge is 0.335 e. The first kappa shape index (κ1) is 11.7. The summed E-state index contributed by atoms with van der Waals surface area (Å²) in [7, 11) is 0. The highest BCUT2D eigenvalue weighted by atomic mass is 32.1. The minimum Gasteiger partial charge on any atom is -0.478 e. The molecule has 0 amide bonds. The van der Waals surface area contributed by atoms with Crippen molar-refractivity contribution < 1.29 is 9.90 Å². The Kier molecular flexibility index (Phi) is 2.89. The average molecular weight is 270 g/mol. The number of carboxylic acid groups (broad SMARTS) is 1. The molecule has 0 saturated heterocycles. The molecule has 0 fully saturated rings. The van der Waals surface area contributed by atoms with E-state index in [0.29, 0.717) is 0 Å². The molecule has 0 aliphatic heterocycles. The monoisotopic (exact) mass is 270 g/mol. The van der Waals surface area contributed by atoms with Crippen LogP contribution in [0.2, 0.25) is 0 Å². The minimum absolute atomic E-state index is 0.271. The van der Waals surface area contributed by atoms with Gasteiger partial charge >= 0.3 is 5.97 Å². The molecule has 3 aromatic rings. The molecule has 0 saturated carbocycles.